The third kappa shape index (κ3) is 13.3. The lowest BCUT2D eigenvalue weighted by atomic mass is 9.97. The van der Waals surface area contributed by atoms with Crippen molar-refractivity contribution in [3.63, 3.8) is 0 Å². The normalized spacial score (nSPS) is 22.0. The molecule has 9 aliphatic heterocycles. The van der Waals surface area contributed by atoms with Crippen LogP contribution < -0.4 is 30.7 Å². The summed E-state index contributed by atoms with van der Waals surface area (Å²) in [5.74, 6) is -2.93. The molecule has 9 fully saturated rings. The third-order valence-corrected chi connectivity index (χ3v) is 26.7. The second-order valence-electron chi connectivity index (χ2n) is 34.0. The molecule has 30 nitrogen and oxygen atoms in total. The summed E-state index contributed by atoms with van der Waals surface area (Å²) in [6, 6.07) is 33.8. The van der Waals surface area contributed by atoms with Crippen LogP contribution in [0.5, 0.6) is 0 Å². The van der Waals surface area contributed by atoms with E-state index in [1.807, 2.05) is 120 Å². The Morgan fingerprint density at radius 1 is 0.367 bits per heavy atom. The Bertz CT molecular complexity index is 5500. The van der Waals surface area contributed by atoms with Crippen LogP contribution in [0.25, 0.3) is 32.3 Å². The van der Waals surface area contributed by atoms with Gasteiger partial charge in [0.05, 0.1) is 72.0 Å². The first-order valence-electron chi connectivity index (χ1n) is 41.5. The van der Waals surface area contributed by atoms with Crippen LogP contribution >= 0.6 is 0 Å². The summed E-state index contributed by atoms with van der Waals surface area (Å²) in [7, 11) is 0. The first-order valence-corrected chi connectivity index (χ1v) is 41.5. The average molecular weight is 1610 g/mol. The van der Waals surface area contributed by atoms with E-state index in [1.54, 1.807) is 32.9 Å². The minimum atomic E-state index is -0.769. The third-order valence-electron chi connectivity index (χ3n) is 26.7. The van der Waals surface area contributed by atoms with E-state index >= 15 is 0 Å². The van der Waals surface area contributed by atoms with Gasteiger partial charge in [0, 0.05) is 129 Å². The summed E-state index contributed by atoms with van der Waals surface area (Å²) in [5.41, 5.74) is 7.84. The van der Waals surface area contributed by atoms with Gasteiger partial charge in [-0.1, -0.05) is 54.6 Å². The van der Waals surface area contributed by atoms with Crippen LogP contribution in [0.3, 0.4) is 0 Å². The summed E-state index contributed by atoms with van der Waals surface area (Å²) in [6.45, 7) is 3.80. The minimum Gasteiger partial charge on any atom is -0.341 e. The summed E-state index contributed by atoms with van der Waals surface area (Å²) in [4.78, 5) is 161. The quantitative estimate of drug-likeness (QED) is 0.0808. The van der Waals surface area contributed by atoms with Gasteiger partial charge in [0.15, 0.2) is 0 Å². The second kappa shape index (κ2) is 29.8. The number of anilines is 3. The van der Waals surface area contributed by atoms with Gasteiger partial charge in [-0.25, -0.2) is 0 Å². The Morgan fingerprint density at radius 2 is 0.633 bits per heavy atom. The molecule has 12 heterocycles. The fourth-order valence-corrected chi connectivity index (χ4v) is 19.4. The van der Waals surface area contributed by atoms with E-state index in [0.29, 0.717) is 150 Å². The molecule has 12 aliphatic rings. The number of aromatic nitrogens is 6. The van der Waals surface area contributed by atoms with Gasteiger partial charge in [0.25, 0.3) is 17.7 Å². The van der Waals surface area contributed by atoms with Crippen molar-refractivity contribution in [3.05, 3.63) is 178 Å². The number of carbonyl (C=O) groups excluding carboxylic acids is 12. The van der Waals surface area contributed by atoms with Gasteiger partial charge in [-0.3, -0.25) is 102 Å². The topological polar surface area (TPSA) is 385 Å². The standard InChI is InChI=1S/3C30H28N6O4/c3*31-17-30(10-11-30)29(40)34-12-8-20(9-13-34)35-16-18(15-32-35)14-19-4-5-23-26-21(19)2-1-3-22(26)28(39)36(23)24-6-7-25(37)33-27(24)38/h3*1-5,15-16,20,24H,6-14H2,(H,33,37,38)/t2*24-;/m10./s1. The molecule has 12 amide bonds. The maximum absolute atomic E-state index is 13.4. The highest BCUT2D eigenvalue weighted by Gasteiger charge is 2.56. The molecule has 3 atom stereocenters. The van der Waals surface area contributed by atoms with Gasteiger partial charge in [-0.15, -0.1) is 0 Å². The van der Waals surface area contributed by atoms with E-state index in [1.165, 1.54) is 0 Å². The Hall–Kier alpha value is -13.6. The molecule has 1 unspecified atom stereocenters. The van der Waals surface area contributed by atoms with Crippen LogP contribution in [0.15, 0.2) is 128 Å². The molecule has 0 radical (unpaired) electrons. The first-order chi connectivity index (χ1) is 58.1. The molecule has 3 saturated carbocycles. The van der Waals surface area contributed by atoms with Gasteiger partial charge >= 0.3 is 0 Å². The van der Waals surface area contributed by atoms with Gasteiger partial charge in [0.2, 0.25) is 53.2 Å². The van der Waals surface area contributed by atoms with Gasteiger partial charge in [0.1, 0.15) is 34.4 Å². The minimum absolute atomic E-state index is 0.0173. The largest absolute Gasteiger partial charge is 0.341 e. The first kappa shape index (κ1) is 76.4. The highest BCUT2D eigenvalue weighted by atomic mass is 16.2. The van der Waals surface area contributed by atoms with E-state index in [4.69, 9.17) is 0 Å². The highest BCUT2D eigenvalue weighted by molar-refractivity contribution is 6.30. The van der Waals surface area contributed by atoms with Crippen molar-refractivity contribution in [1.82, 2.24) is 60.0 Å². The van der Waals surface area contributed by atoms with Gasteiger partial charge < -0.3 is 14.7 Å². The Balaban J connectivity index is 0.000000119. The molecular weight excluding hydrogens is 1530 g/mol. The zero-order chi connectivity index (χ0) is 82.8. The van der Waals surface area contributed by atoms with Crippen molar-refractivity contribution >= 4 is 120 Å². The Morgan fingerprint density at radius 3 is 0.875 bits per heavy atom. The fourth-order valence-electron chi connectivity index (χ4n) is 19.4. The van der Waals surface area contributed by atoms with E-state index < -0.39 is 52.1 Å². The zero-order valence-corrected chi connectivity index (χ0v) is 65.8. The molecule has 30 heteroatoms. The van der Waals surface area contributed by atoms with Crippen LogP contribution in [0, 0.1) is 50.2 Å². The summed E-state index contributed by atoms with van der Waals surface area (Å²) in [5, 5.41) is 54.5. The van der Waals surface area contributed by atoms with Crippen molar-refractivity contribution < 1.29 is 57.5 Å². The lowest BCUT2D eigenvalue weighted by Crippen LogP contribution is -2.53. The number of nitriles is 3. The predicted molar refractivity (Wildman–Crippen MR) is 432 cm³/mol. The van der Waals surface area contributed by atoms with E-state index in [9.17, 15) is 73.3 Å². The number of nitrogens with one attached hydrogen (secondary N) is 3. The van der Waals surface area contributed by atoms with E-state index in [2.05, 4.69) is 68.0 Å². The zero-order valence-electron chi connectivity index (χ0n) is 65.8. The number of hydrogen-bond acceptors (Lipinski definition) is 18. The Labute approximate surface area is 687 Å². The number of carbonyl (C=O) groups is 12. The second-order valence-corrected chi connectivity index (χ2v) is 34.0. The summed E-state index contributed by atoms with van der Waals surface area (Å²) < 4.78 is 5.97. The monoisotopic (exact) mass is 1610 g/mol. The molecule has 3 aliphatic carbocycles. The molecule has 0 spiro atoms. The molecule has 6 saturated heterocycles. The van der Waals surface area contributed by atoms with Crippen LogP contribution in [-0.2, 0) is 62.4 Å². The van der Waals surface area contributed by atoms with Crippen molar-refractivity contribution in [2.24, 2.45) is 16.2 Å². The fraction of sp³-hybridized carbons (Fsp3) is 0.400. The smallest absolute Gasteiger partial charge is 0.259 e. The summed E-state index contributed by atoms with van der Waals surface area (Å²) >= 11 is 0. The van der Waals surface area contributed by atoms with Crippen molar-refractivity contribution in [3.8, 4) is 18.2 Å². The number of imide groups is 3. The maximum atomic E-state index is 13.4. The number of piperidine rings is 6. The maximum Gasteiger partial charge on any atom is 0.259 e. The van der Waals surface area contributed by atoms with E-state index in [-0.39, 0.29) is 90.6 Å². The number of benzene rings is 6. The van der Waals surface area contributed by atoms with Crippen molar-refractivity contribution in [2.45, 2.75) is 171 Å². The van der Waals surface area contributed by atoms with Crippen LogP contribution in [0.1, 0.15) is 198 Å². The van der Waals surface area contributed by atoms with Crippen molar-refractivity contribution in [2.75, 3.05) is 54.0 Å². The van der Waals surface area contributed by atoms with Gasteiger partial charge in [-0.2, -0.15) is 31.1 Å². The molecule has 3 N–H and O–H groups in total. The molecule has 9 aromatic rings. The SMILES string of the molecule is N#CC1(C(=O)N2CCC(n3cc(Cc4ccc5c6c(cccc46)C(=O)N5C4CCC(=O)NC4=O)cn3)CC2)CC1.N#CC1(C(=O)N2CCC(n3cc(Cc4ccc5c6c(cccc46)C(=O)N5[C@@H]4CCC(=O)NC4=O)cn3)CC2)CC1.N#CC1(C(=O)N2CCC(n3cc(Cc4ccc5c6c(cccc46)C(=O)N5[C@H]4CCC(=O)NC4=O)cn3)CC2)CC1. The number of likely N-dealkylation sites (tertiary alicyclic amines) is 3. The van der Waals surface area contributed by atoms with Crippen molar-refractivity contribution in [1.29, 1.82) is 15.8 Å². The number of amides is 12. The van der Waals surface area contributed by atoms with Crippen LogP contribution in [0.4, 0.5) is 17.1 Å². The molecule has 6 aromatic carbocycles. The molecule has 3 aromatic heterocycles. The average Bonchev–Trinajstić information content (AvgIpc) is 1.58. The molecule has 120 heavy (non-hydrogen) atoms. The molecule has 0 bridgehead atoms. The molecule has 606 valence electrons. The molecule has 21 rings (SSSR count). The van der Waals surface area contributed by atoms with Crippen LogP contribution in [0.2, 0.25) is 0 Å². The Kier molecular flexibility index (Phi) is 19.0. The highest BCUT2D eigenvalue weighted by Crippen LogP contribution is 2.51. The van der Waals surface area contributed by atoms with E-state index in [0.717, 1.165) is 104 Å². The number of rotatable bonds is 15. The van der Waals surface area contributed by atoms with Crippen LogP contribution in [-0.4, -0.2) is 172 Å². The summed E-state index contributed by atoms with van der Waals surface area (Å²) in [6.07, 6.45) is 24.1. The molecular formula is C90H84N18O12. The predicted octanol–water partition coefficient (Wildman–Crippen LogP) is 8.58. The van der Waals surface area contributed by atoms with Gasteiger partial charge in [-0.05, 0) is 182 Å². The number of nitrogens with zero attached hydrogens (tertiary/aromatic N) is 15. The number of hydrogen-bond donors (Lipinski definition) is 3. The lowest BCUT2D eigenvalue weighted by Gasteiger charge is -2.33. The lowest BCUT2D eigenvalue weighted by molar-refractivity contribution is -0.137.